The monoisotopic (exact) mass is 217 g/mol. The highest BCUT2D eigenvalue weighted by molar-refractivity contribution is 7.80. The van der Waals surface area contributed by atoms with E-state index in [1.165, 1.54) is 6.20 Å². The van der Waals surface area contributed by atoms with Crippen molar-refractivity contribution in [3.8, 4) is 0 Å². The Morgan fingerprint density at radius 3 is 3.08 bits per heavy atom. The van der Waals surface area contributed by atoms with Crippen LogP contribution in [0.5, 0.6) is 0 Å². The van der Waals surface area contributed by atoms with E-state index in [9.17, 15) is 4.39 Å². The minimum Gasteiger partial charge on any atom is -0.242 e. The van der Waals surface area contributed by atoms with E-state index >= 15 is 0 Å². The van der Waals surface area contributed by atoms with Crippen LogP contribution in [0.3, 0.4) is 0 Å². The van der Waals surface area contributed by atoms with Gasteiger partial charge in [-0.2, -0.15) is 12.6 Å². The molecular weight excluding hydrogens is 209 g/mol. The highest BCUT2D eigenvalue weighted by Gasteiger charge is 2.03. The van der Waals surface area contributed by atoms with E-state index in [-0.39, 0.29) is 5.15 Å². The molecule has 0 saturated heterocycles. The highest BCUT2D eigenvalue weighted by Crippen LogP contribution is 2.16. The third kappa shape index (κ3) is 3.01. The minimum absolute atomic E-state index is 0.0898. The summed E-state index contributed by atoms with van der Waals surface area (Å²) in [7, 11) is 0. The molecule has 1 aromatic rings. The van der Waals surface area contributed by atoms with E-state index in [4.69, 9.17) is 11.6 Å². The quantitative estimate of drug-likeness (QED) is 0.606. The van der Waals surface area contributed by atoms with Gasteiger partial charge in [0.2, 0.25) is 0 Å². The summed E-state index contributed by atoms with van der Waals surface area (Å²) in [6, 6.07) is 1.58. The molecule has 0 amide bonds. The minimum atomic E-state index is -0.473. The lowest BCUT2D eigenvalue weighted by molar-refractivity contribution is 0.619. The first-order valence-corrected chi connectivity index (χ1v) is 4.84. The van der Waals surface area contributed by atoms with E-state index < -0.39 is 5.82 Å². The van der Waals surface area contributed by atoms with E-state index in [1.54, 1.807) is 12.1 Å². The fourth-order valence-electron chi connectivity index (χ4n) is 0.846. The molecule has 0 spiro atoms. The van der Waals surface area contributed by atoms with Gasteiger partial charge in [-0.25, -0.2) is 9.37 Å². The number of nitrogens with zero attached hydrogens (tertiary/aromatic N) is 1. The number of hydrogen-bond acceptors (Lipinski definition) is 2. The maximum absolute atomic E-state index is 13.2. The zero-order valence-corrected chi connectivity index (χ0v) is 8.52. The van der Waals surface area contributed by atoms with Gasteiger partial charge in [-0.15, -0.1) is 0 Å². The molecule has 0 radical (unpaired) electrons. The van der Waals surface area contributed by atoms with Crippen LogP contribution in [0, 0.1) is 5.82 Å². The van der Waals surface area contributed by atoms with Crippen molar-refractivity contribution in [2.75, 3.05) is 5.75 Å². The molecule has 0 aromatic carbocycles. The number of allylic oxidation sites excluding steroid dienone is 1. The summed E-state index contributed by atoms with van der Waals surface area (Å²) in [4.78, 5) is 3.61. The molecular formula is C9H9ClFNS. The first-order valence-electron chi connectivity index (χ1n) is 3.83. The fourth-order valence-corrected chi connectivity index (χ4v) is 1.16. The number of hydrogen-bond donors (Lipinski definition) is 1. The Balaban J connectivity index is 2.83. The molecule has 0 saturated carbocycles. The van der Waals surface area contributed by atoms with Crippen LogP contribution in [0.15, 0.2) is 18.3 Å². The molecule has 0 aliphatic heterocycles. The van der Waals surface area contributed by atoms with Gasteiger partial charge >= 0.3 is 0 Å². The van der Waals surface area contributed by atoms with Crippen molar-refractivity contribution < 1.29 is 4.39 Å². The Morgan fingerprint density at radius 2 is 2.38 bits per heavy atom. The van der Waals surface area contributed by atoms with Crippen molar-refractivity contribution in [2.24, 2.45) is 0 Å². The van der Waals surface area contributed by atoms with Crippen LogP contribution < -0.4 is 0 Å². The Morgan fingerprint density at radius 1 is 1.62 bits per heavy atom. The summed E-state index contributed by atoms with van der Waals surface area (Å²) < 4.78 is 13.2. The lowest BCUT2D eigenvalue weighted by Gasteiger charge is -1.96. The normalized spacial score (nSPS) is 11.0. The smallest absolute Gasteiger partial charge is 0.167 e. The second-order valence-corrected chi connectivity index (χ2v) is 3.22. The molecule has 0 bridgehead atoms. The lowest BCUT2D eigenvalue weighted by Crippen LogP contribution is -1.86. The van der Waals surface area contributed by atoms with Gasteiger partial charge < -0.3 is 0 Å². The van der Waals surface area contributed by atoms with Gasteiger partial charge in [-0.05, 0) is 18.2 Å². The predicted molar refractivity (Wildman–Crippen MR) is 56.7 cm³/mol. The van der Waals surface area contributed by atoms with Gasteiger partial charge in [0.25, 0.3) is 0 Å². The lowest BCUT2D eigenvalue weighted by atomic mass is 10.2. The molecule has 0 atom stereocenters. The summed E-state index contributed by atoms with van der Waals surface area (Å²) >= 11 is 9.52. The third-order valence-corrected chi connectivity index (χ3v) is 1.99. The van der Waals surface area contributed by atoms with Crippen molar-refractivity contribution in [3.63, 3.8) is 0 Å². The average molecular weight is 218 g/mol. The number of aromatic nitrogens is 1. The SMILES string of the molecule is Fc1c(C=CCCS)ccnc1Cl. The summed E-state index contributed by atoms with van der Waals surface area (Å²) in [6.45, 7) is 0. The predicted octanol–water partition coefficient (Wildman–Crippen LogP) is 3.21. The van der Waals surface area contributed by atoms with Crippen molar-refractivity contribution in [1.82, 2.24) is 4.98 Å². The molecule has 4 heteroatoms. The van der Waals surface area contributed by atoms with Gasteiger partial charge in [0.15, 0.2) is 11.0 Å². The van der Waals surface area contributed by atoms with Crippen LogP contribution in [0.2, 0.25) is 5.15 Å². The summed E-state index contributed by atoms with van der Waals surface area (Å²) in [6.07, 6.45) is 5.81. The zero-order chi connectivity index (χ0) is 9.68. The first kappa shape index (κ1) is 10.5. The standard InChI is InChI=1S/C9H9ClFNS/c10-9-8(11)7(4-5-12-9)3-1-2-6-13/h1,3-5,13H,2,6H2. The molecule has 13 heavy (non-hydrogen) atoms. The summed E-state index contributed by atoms with van der Waals surface area (Å²) in [5.74, 6) is 0.274. The summed E-state index contributed by atoms with van der Waals surface area (Å²) in [5, 5.41) is -0.0898. The van der Waals surface area contributed by atoms with E-state index in [1.807, 2.05) is 6.08 Å². The number of thiol groups is 1. The van der Waals surface area contributed by atoms with Crippen molar-refractivity contribution in [3.05, 3.63) is 34.9 Å². The molecule has 0 aliphatic rings. The van der Waals surface area contributed by atoms with Crippen LogP contribution in [-0.4, -0.2) is 10.7 Å². The third-order valence-electron chi connectivity index (χ3n) is 1.47. The van der Waals surface area contributed by atoms with Gasteiger partial charge in [-0.3, -0.25) is 0 Å². The van der Waals surface area contributed by atoms with E-state index in [2.05, 4.69) is 17.6 Å². The zero-order valence-electron chi connectivity index (χ0n) is 6.87. The molecule has 0 aliphatic carbocycles. The Kier molecular flexibility index (Phi) is 4.25. The van der Waals surface area contributed by atoms with Crippen LogP contribution in [-0.2, 0) is 0 Å². The van der Waals surface area contributed by atoms with Gasteiger partial charge in [0.1, 0.15) is 0 Å². The average Bonchev–Trinajstić information content (AvgIpc) is 2.13. The van der Waals surface area contributed by atoms with Crippen molar-refractivity contribution >= 4 is 30.3 Å². The van der Waals surface area contributed by atoms with Crippen molar-refractivity contribution in [1.29, 1.82) is 0 Å². The molecule has 0 fully saturated rings. The molecule has 70 valence electrons. The second kappa shape index (κ2) is 5.25. The molecule has 1 rings (SSSR count). The Bertz CT molecular complexity index is 314. The van der Waals surface area contributed by atoms with Gasteiger partial charge in [0.05, 0.1) is 0 Å². The van der Waals surface area contributed by atoms with E-state index in [0.717, 1.165) is 12.2 Å². The van der Waals surface area contributed by atoms with Gasteiger partial charge in [0, 0.05) is 11.8 Å². The Hall–Kier alpha value is -0.540. The molecule has 1 aromatic heterocycles. The molecule has 0 N–H and O–H groups in total. The highest BCUT2D eigenvalue weighted by atomic mass is 35.5. The maximum Gasteiger partial charge on any atom is 0.167 e. The van der Waals surface area contributed by atoms with Gasteiger partial charge in [-0.1, -0.05) is 23.8 Å². The summed E-state index contributed by atoms with van der Waals surface area (Å²) in [5.41, 5.74) is 0.460. The molecule has 1 heterocycles. The topological polar surface area (TPSA) is 12.9 Å². The second-order valence-electron chi connectivity index (χ2n) is 2.42. The first-order chi connectivity index (χ1) is 6.25. The van der Waals surface area contributed by atoms with E-state index in [0.29, 0.717) is 5.56 Å². The number of halogens is 2. The molecule has 0 unspecified atom stereocenters. The number of pyridine rings is 1. The fraction of sp³-hybridized carbons (Fsp3) is 0.222. The maximum atomic E-state index is 13.2. The van der Waals surface area contributed by atoms with Crippen LogP contribution in [0.4, 0.5) is 4.39 Å². The molecule has 1 nitrogen and oxygen atoms in total. The Labute approximate surface area is 87.0 Å². The largest absolute Gasteiger partial charge is 0.242 e. The van der Waals surface area contributed by atoms with Crippen LogP contribution >= 0.6 is 24.2 Å². The van der Waals surface area contributed by atoms with Crippen molar-refractivity contribution in [2.45, 2.75) is 6.42 Å². The van der Waals surface area contributed by atoms with Crippen LogP contribution in [0.1, 0.15) is 12.0 Å². The number of rotatable bonds is 3. The van der Waals surface area contributed by atoms with Crippen LogP contribution in [0.25, 0.3) is 6.08 Å².